The van der Waals surface area contributed by atoms with Crippen molar-refractivity contribution in [3.8, 4) is 17.1 Å². The maximum Gasteiger partial charge on any atom is 0.327 e. The summed E-state index contributed by atoms with van der Waals surface area (Å²) in [6.45, 7) is 0. The fourth-order valence-corrected chi connectivity index (χ4v) is 2.88. The van der Waals surface area contributed by atoms with Gasteiger partial charge in [-0.2, -0.15) is 0 Å². The Balaban J connectivity index is 2.27. The molecule has 138 valence electrons. The lowest BCUT2D eigenvalue weighted by molar-refractivity contribution is -0.131. The molecule has 0 aliphatic rings. The fourth-order valence-electron chi connectivity index (χ4n) is 2.88. The minimum Gasteiger partial charge on any atom is -0.508 e. The molecule has 1 heterocycles. The third-order valence-corrected chi connectivity index (χ3v) is 4.08. The minimum atomic E-state index is -1.12. The van der Waals surface area contributed by atoms with Gasteiger partial charge < -0.3 is 19.9 Å². The van der Waals surface area contributed by atoms with E-state index in [0.717, 1.165) is 6.08 Å². The van der Waals surface area contributed by atoms with Crippen LogP contribution >= 0.6 is 0 Å². The fraction of sp³-hybridized carbons (Fsp3) is 0.100. The van der Waals surface area contributed by atoms with E-state index in [2.05, 4.69) is 5.32 Å². The molecular weight excluding hydrogens is 353 g/mol. The molecule has 1 aromatic heterocycles. The summed E-state index contributed by atoms with van der Waals surface area (Å²) in [4.78, 5) is 23.3. The molecule has 1 amide bonds. The van der Waals surface area contributed by atoms with Crippen LogP contribution in [0.1, 0.15) is 15.9 Å². The lowest BCUT2D eigenvalue weighted by Gasteiger charge is -2.06. The van der Waals surface area contributed by atoms with Crippen LogP contribution < -0.4 is 5.32 Å². The number of phenols is 1. The predicted molar refractivity (Wildman–Crippen MR) is 97.1 cm³/mol. The van der Waals surface area contributed by atoms with Crippen LogP contribution in [0.3, 0.4) is 0 Å². The highest BCUT2D eigenvalue weighted by Crippen LogP contribution is 2.39. The number of nitrogens with one attached hydrogen (secondary N) is 1. The molecule has 0 radical (unpaired) electrons. The number of carbonyl (C=O) groups is 2. The van der Waals surface area contributed by atoms with Crippen LogP contribution in [-0.4, -0.2) is 29.1 Å². The first-order chi connectivity index (χ1) is 12.9. The number of amides is 1. The highest BCUT2D eigenvalue weighted by molar-refractivity contribution is 6.12. The number of halogens is 1. The number of phenolic OH excluding ortho intramolecular Hbond substituents is 1. The van der Waals surface area contributed by atoms with Crippen LogP contribution in [0.5, 0.6) is 5.75 Å². The normalized spacial score (nSPS) is 11.2. The van der Waals surface area contributed by atoms with E-state index in [-0.39, 0.29) is 23.5 Å². The number of rotatable bonds is 5. The van der Waals surface area contributed by atoms with E-state index in [1.54, 1.807) is 0 Å². The first kappa shape index (κ1) is 18.2. The van der Waals surface area contributed by atoms with Gasteiger partial charge in [0.1, 0.15) is 22.9 Å². The van der Waals surface area contributed by atoms with Crippen molar-refractivity contribution < 1.29 is 28.6 Å². The zero-order valence-corrected chi connectivity index (χ0v) is 14.3. The Morgan fingerprint density at radius 2 is 1.89 bits per heavy atom. The summed E-state index contributed by atoms with van der Waals surface area (Å²) < 4.78 is 19.1. The van der Waals surface area contributed by atoms with Gasteiger partial charge in [0.05, 0.1) is 5.56 Å². The zero-order chi connectivity index (χ0) is 19.6. The molecule has 0 atom stereocenters. The number of allylic oxidation sites excluding steroid dienone is 1. The minimum absolute atomic E-state index is 0.0852. The van der Waals surface area contributed by atoms with Gasteiger partial charge in [0.2, 0.25) is 0 Å². The first-order valence-corrected chi connectivity index (χ1v) is 8.07. The van der Waals surface area contributed by atoms with Crippen molar-refractivity contribution in [3.63, 3.8) is 0 Å². The molecule has 3 aromatic rings. The van der Waals surface area contributed by atoms with Gasteiger partial charge in [-0.3, -0.25) is 4.79 Å². The largest absolute Gasteiger partial charge is 0.508 e. The van der Waals surface area contributed by atoms with E-state index >= 15 is 0 Å². The topological polar surface area (TPSA) is 99.8 Å². The van der Waals surface area contributed by atoms with Gasteiger partial charge in [0.25, 0.3) is 5.91 Å². The number of aromatic hydroxyl groups is 1. The van der Waals surface area contributed by atoms with Gasteiger partial charge in [0.15, 0.2) is 0 Å². The number of hydrogen-bond acceptors (Lipinski definition) is 4. The molecule has 0 aliphatic heterocycles. The third-order valence-electron chi connectivity index (χ3n) is 4.08. The molecule has 6 nitrogen and oxygen atoms in total. The Labute approximate surface area is 153 Å². The number of benzene rings is 2. The van der Waals surface area contributed by atoms with Crippen molar-refractivity contribution in [2.75, 3.05) is 7.05 Å². The quantitative estimate of drug-likeness (QED) is 0.598. The van der Waals surface area contributed by atoms with Gasteiger partial charge in [0, 0.05) is 29.6 Å². The van der Waals surface area contributed by atoms with Crippen molar-refractivity contribution in [3.05, 3.63) is 65.5 Å². The third kappa shape index (κ3) is 3.52. The van der Waals surface area contributed by atoms with Gasteiger partial charge in [-0.15, -0.1) is 0 Å². The molecule has 3 rings (SSSR count). The molecular formula is C20H16FNO5. The first-order valence-electron chi connectivity index (χ1n) is 8.07. The molecule has 0 saturated heterocycles. The molecule has 27 heavy (non-hydrogen) atoms. The van der Waals surface area contributed by atoms with E-state index in [0.29, 0.717) is 22.1 Å². The monoisotopic (exact) mass is 369 g/mol. The number of furan rings is 1. The SMILES string of the molecule is CNC(=O)c1c(-c2ccc(F)cc2)oc2ccc(O)c(C/C=C/C(=O)O)c12. The van der Waals surface area contributed by atoms with Gasteiger partial charge in [-0.1, -0.05) is 6.08 Å². The summed E-state index contributed by atoms with van der Waals surface area (Å²) in [5.74, 6) is -1.84. The van der Waals surface area contributed by atoms with Crippen molar-refractivity contribution >= 4 is 22.8 Å². The van der Waals surface area contributed by atoms with Crippen LogP contribution in [0, 0.1) is 5.82 Å². The number of aliphatic carboxylic acids is 1. The van der Waals surface area contributed by atoms with E-state index in [1.165, 1.54) is 49.5 Å². The summed E-state index contributed by atoms with van der Waals surface area (Å²) in [5, 5.41) is 21.9. The van der Waals surface area contributed by atoms with Crippen LogP contribution in [-0.2, 0) is 11.2 Å². The Kier molecular flexibility index (Phi) is 4.94. The Bertz CT molecular complexity index is 1050. The lowest BCUT2D eigenvalue weighted by Crippen LogP contribution is -2.18. The molecule has 0 spiro atoms. The van der Waals surface area contributed by atoms with E-state index in [9.17, 15) is 19.1 Å². The molecule has 0 saturated carbocycles. The van der Waals surface area contributed by atoms with Crippen molar-refractivity contribution in [2.24, 2.45) is 0 Å². The predicted octanol–water partition coefficient (Wildman–Crippen LogP) is 3.49. The molecule has 3 N–H and O–H groups in total. The van der Waals surface area contributed by atoms with Crippen LogP contribution in [0.25, 0.3) is 22.3 Å². The Morgan fingerprint density at radius 1 is 1.19 bits per heavy atom. The lowest BCUT2D eigenvalue weighted by atomic mass is 9.98. The molecule has 0 fully saturated rings. The maximum absolute atomic E-state index is 13.3. The highest BCUT2D eigenvalue weighted by Gasteiger charge is 2.24. The van der Waals surface area contributed by atoms with Crippen LogP contribution in [0.4, 0.5) is 4.39 Å². The second kappa shape index (κ2) is 7.33. The molecule has 0 bridgehead atoms. The van der Waals surface area contributed by atoms with E-state index in [4.69, 9.17) is 9.52 Å². The smallest absolute Gasteiger partial charge is 0.327 e. The van der Waals surface area contributed by atoms with Gasteiger partial charge in [-0.05, 0) is 42.8 Å². The zero-order valence-electron chi connectivity index (χ0n) is 14.3. The summed E-state index contributed by atoms with van der Waals surface area (Å²) in [6.07, 6.45) is 2.41. The number of carbonyl (C=O) groups excluding carboxylic acids is 1. The summed E-state index contributed by atoms with van der Waals surface area (Å²) in [7, 11) is 1.46. The van der Waals surface area contributed by atoms with E-state index < -0.39 is 17.7 Å². The van der Waals surface area contributed by atoms with Crippen molar-refractivity contribution in [1.29, 1.82) is 0 Å². The molecule has 0 aliphatic carbocycles. The summed E-state index contributed by atoms with van der Waals surface area (Å²) in [6, 6.07) is 8.42. The Morgan fingerprint density at radius 3 is 2.52 bits per heavy atom. The Hall–Kier alpha value is -3.61. The van der Waals surface area contributed by atoms with Crippen molar-refractivity contribution in [2.45, 2.75) is 6.42 Å². The standard InChI is InChI=1S/C20H16FNO5/c1-22-20(26)18-17-13(3-2-4-16(24)25)14(23)9-10-15(17)27-19(18)11-5-7-12(21)8-6-11/h2,4-10,23H,3H2,1H3,(H,22,26)(H,24,25)/b4-2+. The van der Waals surface area contributed by atoms with Crippen LogP contribution in [0.15, 0.2) is 53.0 Å². The maximum atomic E-state index is 13.3. The number of fused-ring (bicyclic) bond motifs is 1. The summed E-state index contributed by atoms with van der Waals surface area (Å²) in [5.41, 5.74) is 1.40. The average molecular weight is 369 g/mol. The second-order valence-electron chi connectivity index (χ2n) is 5.77. The molecule has 0 unspecified atom stereocenters. The molecule has 7 heteroatoms. The number of carboxylic acid groups (broad SMARTS) is 1. The van der Waals surface area contributed by atoms with Gasteiger partial charge >= 0.3 is 5.97 Å². The number of hydrogen-bond donors (Lipinski definition) is 3. The van der Waals surface area contributed by atoms with Crippen molar-refractivity contribution in [1.82, 2.24) is 5.32 Å². The summed E-state index contributed by atoms with van der Waals surface area (Å²) >= 11 is 0. The average Bonchev–Trinajstić information content (AvgIpc) is 3.03. The molecule has 2 aromatic carbocycles. The van der Waals surface area contributed by atoms with Crippen LogP contribution in [0.2, 0.25) is 0 Å². The second-order valence-corrected chi connectivity index (χ2v) is 5.77. The van der Waals surface area contributed by atoms with Gasteiger partial charge in [-0.25, -0.2) is 9.18 Å². The highest BCUT2D eigenvalue weighted by atomic mass is 19.1. The number of carboxylic acids is 1. The van der Waals surface area contributed by atoms with E-state index in [1.807, 2.05) is 0 Å².